The van der Waals surface area contributed by atoms with Gasteiger partial charge in [-0.3, -0.25) is 9.59 Å². The number of ether oxygens (including phenoxy) is 2. The standard InChI is InChI=1S/C23H22ClN3O4S/c1-13(2)20(26-21(28)15-5-3-4-6-16(15)24)22(29)27-23-25-17(12-32-23)14-7-8-18-19(11-14)31-10-9-30-18/h3-8,11-13,20H,9-10H2,1-2H3,(H,26,28)(H,25,27,29). The number of nitrogens with zero attached hydrogens (tertiary/aromatic N) is 1. The molecule has 2 heterocycles. The van der Waals surface area contributed by atoms with E-state index in [9.17, 15) is 9.59 Å². The lowest BCUT2D eigenvalue weighted by molar-refractivity contribution is -0.118. The van der Waals surface area contributed by atoms with Crippen LogP contribution in [0.1, 0.15) is 24.2 Å². The third-order valence-corrected chi connectivity index (χ3v) is 6.01. The van der Waals surface area contributed by atoms with Crippen molar-refractivity contribution in [1.29, 1.82) is 0 Å². The highest BCUT2D eigenvalue weighted by Crippen LogP contribution is 2.35. The number of nitrogens with one attached hydrogen (secondary N) is 2. The molecular formula is C23H22ClN3O4S. The first-order valence-electron chi connectivity index (χ1n) is 10.1. The number of hydrogen-bond donors (Lipinski definition) is 2. The molecule has 4 rings (SSSR count). The van der Waals surface area contributed by atoms with Crippen molar-refractivity contribution in [1.82, 2.24) is 10.3 Å². The Kier molecular flexibility index (Phi) is 6.62. The summed E-state index contributed by atoms with van der Waals surface area (Å²) in [5.41, 5.74) is 1.89. The van der Waals surface area contributed by atoms with E-state index < -0.39 is 11.9 Å². The quantitative estimate of drug-likeness (QED) is 0.547. The number of amides is 2. The van der Waals surface area contributed by atoms with Crippen molar-refractivity contribution in [2.45, 2.75) is 19.9 Å². The van der Waals surface area contributed by atoms with Crippen molar-refractivity contribution in [3.8, 4) is 22.8 Å². The highest BCUT2D eigenvalue weighted by Gasteiger charge is 2.26. The highest BCUT2D eigenvalue weighted by molar-refractivity contribution is 7.14. The van der Waals surface area contributed by atoms with Crippen LogP contribution < -0.4 is 20.1 Å². The molecule has 0 saturated heterocycles. The summed E-state index contributed by atoms with van der Waals surface area (Å²) in [6, 6.07) is 11.6. The van der Waals surface area contributed by atoms with Gasteiger partial charge in [-0.2, -0.15) is 0 Å². The van der Waals surface area contributed by atoms with Crippen molar-refractivity contribution >= 4 is 39.9 Å². The van der Waals surface area contributed by atoms with Gasteiger partial charge in [-0.05, 0) is 36.2 Å². The maximum atomic E-state index is 12.9. The topological polar surface area (TPSA) is 89.6 Å². The van der Waals surface area contributed by atoms with Crippen LogP contribution in [0.2, 0.25) is 5.02 Å². The number of aromatic nitrogens is 1. The molecule has 2 N–H and O–H groups in total. The van der Waals surface area contributed by atoms with E-state index >= 15 is 0 Å². The first-order valence-corrected chi connectivity index (χ1v) is 11.4. The Morgan fingerprint density at radius 1 is 1.09 bits per heavy atom. The maximum Gasteiger partial charge on any atom is 0.253 e. The predicted octanol–water partition coefficient (Wildman–Crippen LogP) is 4.63. The van der Waals surface area contributed by atoms with E-state index in [0.717, 1.165) is 5.56 Å². The van der Waals surface area contributed by atoms with Crippen LogP contribution in [0.4, 0.5) is 5.13 Å². The third-order valence-electron chi connectivity index (χ3n) is 4.93. The van der Waals surface area contributed by atoms with Crippen LogP contribution in [0.5, 0.6) is 11.5 Å². The van der Waals surface area contributed by atoms with Gasteiger partial charge in [-0.15, -0.1) is 11.3 Å². The fraction of sp³-hybridized carbons (Fsp3) is 0.261. The molecule has 0 spiro atoms. The maximum absolute atomic E-state index is 12.9. The van der Waals surface area contributed by atoms with Gasteiger partial charge in [0.05, 0.1) is 16.3 Å². The number of hydrogen-bond acceptors (Lipinski definition) is 6. The Morgan fingerprint density at radius 3 is 2.59 bits per heavy atom. The molecule has 166 valence electrons. The van der Waals surface area contributed by atoms with Gasteiger partial charge in [0.25, 0.3) is 5.91 Å². The number of benzene rings is 2. The molecular weight excluding hydrogens is 450 g/mol. The van der Waals surface area contributed by atoms with Crippen LogP contribution in [0.3, 0.4) is 0 Å². The SMILES string of the molecule is CC(C)C(NC(=O)c1ccccc1Cl)C(=O)Nc1nc(-c2ccc3c(c2)OCCO3)cs1. The molecule has 1 unspecified atom stereocenters. The summed E-state index contributed by atoms with van der Waals surface area (Å²) in [4.78, 5) is 30.1. The summed E-state index contributed by atoms with van der Waals surface area (Å²) >= 11 is 7.42. The summed E-state index contributed by atoms with van der Waals surface area (Å²) in [5.74, 6) is 0.495. The van der Waals surface area contributed by atoms with Crippen molar-refractivity contribution in [3.63, 3.8) is 0 Å². The van der Waals surface area contributed by atoms with Crippen LogP contribution in [-0.2, 0) is 4.79 Å². The average Bonchev–Trinajstić information content (AvgIpc) is 3.25. The van der Waals surface area contributed by atoms with Gasteiger partial charge in [0.2, 0.25) is 5.91 Å². The average molecular weight is 472 g/mol. The van der Waals surface area contributed by atoms with E-state index in [1.807, 2.05) is 37.4 Å². The van der Waals surface area contributed by atoms with Crippen LogP contribution in [-0.4, -0.2) is 36.1 Å². The second kappa shape index (κ2) is 9.58. The van der Waals surface area contributed by atoms with Crippen LogP contribution >= 0.6 is 22.9 Å². The Hall–Kier alpha value is -3.10. The summed E-state index contributed by atoms with van der Waals surface area (Å²) in [7, 11) is 0. The minimum Gasteiger partial charge on any atom is -0.486 e. The molecule has 0 radical (unpaired) electrons. The van der Waals surface area contributed by atoms with E-state index in [4.69, 9.17) is 21.1 Å². The number of fused-ring (bicyclic) bond motifs is 1. The van der Waals surface area contributed by atoms with Crippen LogP contribution in [0.15, 0.2) is 47.8 Å². The highest BCUT2D eigenvalue weighted by atomic mass is 35.5. The summed E-state index contributed by atoms with van der Waals surface area (Å²) in [6.45, 7) is 4.76. The fourth-order valence-electron chi connectivity index (χ4n) is 3.25. The molecule has 0 aliphatic carbocycles. The van der Waals surface area contributed by atoms with Crippen molar-refractivity contribution in [3.05, 3.63) is 58.4 Å². The predicted molar refractivity (Wildman–Crippen MR) is 125 cm³/mol. The van der Waals surface area contributed by atoms with Gasteiger partial charge in [0, 0.05) is 10.9 Å². The molecule has 3 aromatic rings. The largest absolute Gasteiger partial charge is 0.486 e. The number of thiazole rings is 1. The van der Waals surface area contributed by atoms with E-state index in [-0.39, 0.29) is 11.8 Å². The van der Waals surface area contributed by atoms with Crippen molar-refractivity contribution < 1.29 is 19.1 Å². The molecule has 7 nitrogen and oxygen atoms in total. The molecule has 1 aromatic heterocycles. The molecule has 2 aromatic carbocycles. The first-order chi connectivity index (χ1) is 15.4. The van der Waals surface area contributed by atoms with Crippen molar-refractivity contribution in [2.24, 2.45) is 5.92 Å². The monoisotopic (exact) mass is 471 g/mol. The van der Waals surface area contributed by atoms with Crippen LogP contribution in [0.25, 0.3) is 11.3 Å². The van der Waals surface area contributed by atoms with E-state index in [1.165, 1.54) is 11.3 Å². The lowest BCUT2D eigenvalue weighted by atomic mass is 10.0. The normalized spacial score (nSPS) is 13.5. The van der Waals surface area contributed by atoms with E-state index in [2.05, 4.69) is 15.6 Å². The second-order valence-corrected chi connectivity index (χ2v) is 8.83. The smallest absolute Gasteiger partial charge is 0.253 e. The van der Waals surface area contributed by atoms with Gasteiger partial charge in [0.15, 0.2) is 16.6 Å². The van der Waals surface area contributed by atoms with E-state index in [1.54, 1.807) is 24.3 Å². The number of rotatable bonds is 6. The lowest BCUT2D eigenvalue weighted by Gasteiger charge is -2.21. The molecule has 0 bridgehead atoms. The van der Waals surface area contributed by atoms with Gasteiger partial charge in [-0.1, -0.05) is 37.6 Å². The number of carbonyl (C=O) groups excluding carboxylic acids is 2. The minimum absolute atomic E-state index is 0.140. The van der Waals surface area contributed by atoms with Crippen molar-refractivity contribution in [2.75, 3.05) is 18.5 Å². The molecule has 32 heavy (non-hydrogen) atoms. The Labute approximate surface area is 194 Å². The zero-order valence-corrected chi connectivity index (χ0v) is 19.1. The zero-order valence-electron chi connectivity index (χ0n) is 17.6. The first kappa shape index (κ1) is 22.1. The fourth-order valence-corrected chi connectivity index (χ4v) is 4.19. The lowest BCUT2D eigenvalue weighted by Crippen LogP contribution is -2.47. The molecule has 1 atom stereocenters. The second-order valence-electron chi connectivity index (χ2n) is 7.56. The Bertz CT molecular complexity index is 1150. The Morgan fingerprint density at radius 2 is 1.84 bits per heavy atom. The summed E-state index contributed by atoms with van der Waals surface area (Å²) < 4.78 is 11.2. The minimum atomic E-state index is -0.750. The van der Waals surface area contributed by atoms with Gasteiger partial charge >= 0.3 is 0 Å². The number of carbonyl (C=O) groups is 2. The Balaban J connectivity index is 1.46. The molecule has 1 aliphatic heterocycles. The van der Waals surface area contributed by atoms with Crippen LogP contribution in [0, 0.1) is 5.92 Å². The number of anilines is 1. The van der Waals surface area contributed by atoms with Gasteiger partial charge < -0.3 is 20.1 Å². The van der Waals surface area contributed by atoms with E-state index in [0.29, 0.717) is 46.1 Å². The van der Waals surface area contributed by atoms with Gasteiger partial charge in [0.1, 0.15) is 19.3 Å². The van der Waals surface area contributed by atoms with Gasteiger partial charge in [-0.25, -0.2) is 4.98 Å². The molecule has 2 amide bonds. The molecule has 0 fully saturated rings. The zero-order chi connectivity index (χ0) is 22.7. The molecule has 0 saturated carbocycles. The molecule has 1 aliphatic rings. The third kappa shape index (κ3) is 4.87. The number of halogens is 1. The molecule has 9 heteroatoms. The summed E-state index contributed by atoms with van der Waals surface area (Å²) in [5, 5.41) is 8.22. The summed E-state index contributed by atoms with van der Waals surface area (Å²) in [6.07, 6.45) is 0.